The molecule has 0 saturated heterocycles. The molecular formula is C22H23N7O3. The van der Waals surface area contributed by atoms with Crippen LogP contribution in [-0.4, -0.2) is 46.5 Å². The van der Waals surface area contributed by atoms with Crippen molar-refractivity contribution in [1.29, 1.82) is 0 Å². The number of benzene rings is 2. The van der Waals surface area contributed by atoms with Gasteiger partial charge < -0.3 is 25.7 Å². The second-order valence-electron chi connectivity index (χ2n) is 7.34. The molecule has 0 spiro atoms. The maximum absolute atomic E-state index is 13.0. The molecule has 5 N–H and O–H groups in total. The molecule has 10 nitrogen and oxygen atoms in total. The number of hydrogen-bond donors (Lipinski definition) is 3. The van der Waals surface area contributed by atoms with Gasteiger partial charge in [-0.15, -0.1) is 0 Å². The molecule has 0 saturated carbocycles. The molecule has 1 aliphatic heterocycles. The SMILES string of the molecule is CN1C(=O)C(NC(=O)/C(N)=C/N(N)Cc2ccccc2)COc2cc3nccnc3cc21. The number of ether oxygens (including phenoxy) is 1. The summed E-state index contributed by atoms with van der Waals surface area (Å²) in [5, 5.41) is 3.93. The van der Waals surface area contributed by atoms with Crippen molar-refractivity contribution in [1.82, 2.24) is 20.3 Å². The van der Waals surface area contributed by atoms with Crippen molar-refractivity contribution in [3.05, 3.63) is 72.3 Å². The average molecular weight is 433 g/mol. The topological polar surface area (TPSA) is 140 Å². The predicted octanol–water partition coefficient (Wildman–Crippen LogP) is 0.646. The molecule has 0 radical (unpaired) electrons. The van der Waals surface area contributed by atoms with Gasteiger partial charge in [-0.25, -0.2) is 5.84 Å². The van der Waals surface area contributed by atoms with Crippen LogP contribution in [0.2, 0.25) is 0 Å². The summed E-state index contributed by atoms with van der Waals surface area (Å²) in [6.07, 6.45) is 4.48. The highest BCUT2D eigenvalue weighted by molar-refractivity contribution is 6.04. The van der Waals surface area contributed by atoms with Gasteiger partial charge in [0, 0.05) is 31.7 Å². The van der Waals surface area contributed by atoms with Gasteiger partial charge in [-0.3, -0.25) is 19.6 Å². The highest BCUT2D eigenvalue weighted by Gasteiger charge is 2.31. The van der Waals surface area contributed by atoms with Gasteiger partial charge in [-0.1, -0.05) is 30.3 Å². The van der Waals surface area contributed by atoms with Crippen LogP contribution < -0.4 is 26.5 Å². The number of carbonyl (C=O) groups is 2. The van der Waals surface area contributed by atoms with Crippen LogP contribution in [-0.2, 0) is 16.1 Å². The van der Waals surface area contributed by atoms with Crippen molar-refractivity contribution in [3.63, 3.8) is 0 Å². The first kappa shape index (κ1) is 21.1. The van der Waals surface area contributed by atoms with E-state index in [1.54, 1.807) is 31.6 Å². The molecule has 3 aromatic rings. The first-order valence-corrected chi connectivity index (χ1v) is 9.91. The smallest absolute Gasteiger partial charge is 0.269 e. The third-order valence-corrected chi connectivity index (χ3v) is 5.03. The highest BCUT2D eigenvalue weighted by Crippen LogP contribution is 2.33. The van der Waals surface area contributed by atoms with E-state index >= 15 is 0 Å². The number of rotatable bonds is 5. The number of hydrazine groups is 1. The molecule has 2 amide bonds. The molecule has 0 bridgehead atoms. The van der Waals surface area contributed by atoms with Gasteiger partial charge in [-0.05, 0) is 11.6 Å². The minimum Gasteiger partial charge on any atom is -0.489 e. The zero-order valence-electron chi connectivity index (χ0n) is 17.4. The zero-order chi connectivity index (χ0) is 22.7. The van der Waals surface area contributed by atoms with Gasteiger partial charge >= 0.3 is 0 Å². The number of carbonyl (C=O) groups excluding carboxylic acids is 2. The number of aromatic nitrogens is 2. The maximum atomic E-state index is 13.0. The third-order valence-electron chi connectivity index (χ3n) is 5.03. The summed E-state index contributed by atoms with van der Waals surface area (Å²) in [4.78, 5) is 35.5. The fraction of sp³-hybridized carbons (Fsp3) is 0.182. The molecule has 10 heteroatoms. The number of nitrogens with two attached hydrogens (primary N) is 2. The Morgan fingerprint density at radius 3 is 2.66 bits per heavy atom. The van der Waals surface area contributed by atoms with Crippen LogP contribution >= 0.6 is 0 Å². The molecule has 1 aromatic heterocycles. The van der Waals surface area contributed by atoms with E-state index in [-0.39, 0.29) is 18.2 Å². The first-order valence-electron chi connectivity index (χ1n) is 9.91. The van der Waals surface area contributed by atoms with Crippen molar-refractivity contribution in [2.75, 3.05) is 18.6 Å². The fourth-order valence-electron chi connectivity index (χ4n) is 3.38. The van der Waals surface area contributed by atoms with Crippen LogP contribution in [0.25, 0.3) is 11.0 Å². The van der Waals surface area contributed by atoms with E-state index in [1.165, 1.54) is 16.1 Å². The number of nitrogens with one attached hydrogen (secondary N) is 1. The van der Waals surface area contributed by atoms with Gasteiger partial charge in [0.1, 0.15) is 24.1 Å². The summed E-state index contributed by atoms with van der Waals surface area (Å²) in [6, 6.07) is 12.0. The lowest BCUT2D eigenvalue weighted by Gasteiger charge is -2.21. The molecule has 164 valence electrons. The molecule has 32 heavy (non-hydrogen) atoms. The highest BCUT2D eigenvalue weighted by atomic mass is 16.5. The van der Waals surface area contributed by atoms with Crippen molar-refractivity contribution >= 4 is 28.5 Å². The summed E-state index contributed by atoms with van der Waals surface area (Å²) in [5.74, 6) is 5.45. The Morgan fingerprint density at radius 2 is 1.94 bits per heavy atom. The van der Waals surface area contributed by atoms with Crippen molar-refractivity contribution in [2.24, 2.45) is 11.6 Å². The normalized spacial score (nSPS) is 16.2. The summed E-state index contributed by atoms with van der Waals surface area (Å²) < 4.78 is 5.81. The van der Waals surface area contributed by atoms with Crippen LogP contribution in [0, 0.1) is 0 Å². The Morgan fingerprint density at radius 1 is 1.25 bits per heavy atom. The van der Waals surface area contributed by atoms with E-state index in [4.69, 9.17) is 16.3 Å². The monoisotopic (exact) mass is 433 g/mol. The predicted molar refractivity (Wildman–Crippen MR) is 119 cm³/mol. The average Bonchev–Trinajstić information content (AvgIpc) is 2.90. The van der Waals surface area contributed by atoms with E-state index in [1.807, 2.05) is 30.3 Å². The van der Waals surface area contributed by atoms with E-state index < -0.39 is 11.9 Å². The number of anilines is 1. The van der Waals surface area contributed by atoms with Crippen molar-refractivity contribution in [2.45, 2.75) is 12.6 Å². The summed E-state index contributed by atoms with van der Waals surface area (Å²) >= 11 is 0. The fourth-order valence-corrected chi connectivity index (χ4v) is 3.38. The number of fused-ring (bicyclic) bond motifs is 2. The third kappa shape index (κ3) is 4.44. The van der Waals surface area contributed by atoms with Crippen LogP contribution in [0.4, 0.5) is 5.69 Å². The van der Waals surface area contributed by atoms with Crippen LogP contribution in [0.5, 0.6) is 5.75 Å². The minimum atomic E-state index is -0.934. The molecule has 1 atom stereocenters. The first-order chi connectivity index (χ1) is 15.4. The molecule has 0 fully saturated rings. The van der Waals surface area contributed by atoms with Crippen LogP contribution in [0.1, 0.15) is 5.56 Å². The Kier molecular flexibility index (Phi) is 5.86. The Hall–Kier alpha value is -4.18. The second kappa shape index (κ2) is 8.90. The Bertz CT molecular complexity index is 1180. The van der Waals surface area contributed by atoms with Crippen LogP contribution in [0.3, 0.4) is 0 Å². The summed E-state index contributed by atoms with van der Waals surface area (Å²) in [7, 11) is 1.61. The number of amides is 2. The van der Waals surface area contributed by atoms with E-state index in [2.05, 4.69) is 15.3 Å². The zero-order valence-corrected chi connectivity index (χ0v) is 17.4. The lowest BCUT2D eigenvalue weighted by molar-refractivity contribution is -0.126. The minimum absolute atomic E-state index is 0.0582. The lowest BCUT2D eigenvalue weighted by Crippen LogP contribution is -2.50. The number of nitrogens with zero attached hydrogens (tertiary/aromatic N) is 4. The molecule has 2 heterocycles. The van der Waals surface area contributed by atoms with Gasteiger partial charge in [0.25, 0.3) is 11.8 Å². The molecule has 2 aromatic carbocycles. The molecule has 1 unspecified atom stereocenters. The maximum Gasteiger partial charge on any atom is 0.269 e. The van der Waals surface area contributed by atoms with Crippen LogP contribution in [0.15, 0.2) is 66.8 Å². The Labute approximate surface area is 184 Å². The van der Waals surface area contributed by atoms with Crippen molar-refractivity contribution < 1.29 is 14.3 Å². The van der Waals surface area contributed by atoms with Gasteiger partial charge in [0.15, 0.2) is 0 Å². The molecule has 0 aliphatic carbocycles. The quantitative estimate of drug-likeness (QED) is 0.303. The molecule has 1 aliphatic rings. The molecular weight excluding hydrogens is 410 g/mol. The lowest BCUT2D eigenvalue weighted by atomic mass is 10.2. The largest absolute Gasteiger partial charge is 0.489 e. The van der Waals surface area contributed by atoms with Gasteiger partial charge in [0.2, 0.25) is 0 Å². The Balaban J connectivity index is 1.46. The van der Waals surface area contributed by atoms with Crippen molar-refractivity contribution in [3.8, 4) is 5.75 Å². The molecule has 4 rings (SSSR count). The van der Waals surface area contributed by atoms with E-state index in [0.717, 1.165) is 5.56 Å². The van der Waals surface area contributed by atoms with Gasteiger partial charge in [0.05, 0.1) is 23.3 Å². The standard InChI is InChI=1S/C22H23N7O3/c1-28-19-9-16-17(26-8-7-25-16)10-20(19)32-13-18(22(28)31)27-21(30)15(23)12-29(24)11-14-5-3-2-4-6-14/h2-10,12,18H,11,13,23-24H2,1H3,(H,27,30)/b15-12-. The number of hydrogen-bond acceptors (Lipinski definition) is 8. The van der Waals surface area contributed by atoms with E-state index in [0.29, 0.717) is 29.0 Å². The number of likely N-dealkylation sites (N-methyl/N-ethyl adjacent to an activating group) is 1. The summed E-state index contributed by atoms with van der Waals surface area (Å²) in [5.41, 5.74) is 8.55. The van der Waals surface area contributed by atoms with Gasteiger partial charge in [-0.2, -0.15) is 0 Å². The summed E-state index contributed by atoms with van der Waals surface area (Å²) in [6.45, 7) is 0.311. The second-order valence-corrected chi connectivity index (χ2v) is 7.34. The van der Waals surface area contributed by atoms with E-state index in [9.17, 15) is 9.59 Å².